The molecule has 0 heterocycles. The maximum absolute atomic E-state index is 9.70. The predicted molar refractivity (Wildman–Crippen MR) is 104 cm³/mol. The van der Waals surface area contributed by atoms with Crippen molar-refractivity contribution in [2.45, 2.75) is 31.6 Å². The second kappa shape index (κ2) is 8.61. The van der Waals surface area contributed by atoms with Crippen molar-refractivity contribution in [1.82, 2.24) is 4.90 Å². The highest BCUT2D eigenvalue weighted by molar-refractivity contribution is 7.99. The van der Waals surface area contributed by atoms with E-state index in [1.807, 2.05) is 37.4 Å². The lowest BCUT2D eigenvalue weighted by Crippen LogP contribution is -2.30. The van der Waals surface area contributed by atoms with Gasteiger partial charge >= 0.3 is 0 Å². The topological polar surface area (TPSA) is 74.6 Å². The van der Waals surface area contributed by atoms with Gasteiger partial charge in [-0.1, -0.05) is 32.0 Å². The third-order valence-corrected chi connectivity index (χ3v) is 5.42. The Morgan fingerprint density at radius 2 is 1.77 bits per heavy atom. The maximum atomic E-state index is 9.70. The molecule has 0 spiro atoms. The van der Waals surface area contributed by atoms with E-state index in [-0.39, 0.29) is 11.0 Å². The van der Waals surface area contributed by atoms with E-state index in [1.165, 1.54) is 4.90 Å². The molecule has 0 atom stereocenters. The molecule has 1 aromatic rings. The van der Waals surface area contributed by atoms with Crippen LogP contribution in [0.5, 0.6) is 0 Å². The van der Waals surface area contributed by atoms with Crippen LogP contribution in [-0.2, 0) is 0 Å². The molecule has 0 fully saturated rings. The lowest BCUT2D eigenvalue weighted by Gasteiger charge is -2.37. The lowest BCUT2D eigenvalue weighted by atomic mass is 9.72. The summed E-state index contributed by atoms with van der Waals surface area (Å²) >= 11 is 1.77. The van der Waals surface area contributed by atoms with Crippen LogP contribution in [0.2, 0.25) is 0 Å². The summed E-state index contributed by atoms with van der Waals surface area (Å²) in [4.78, 5) is 3.32. The van der Waals surface area contributed by atoms with E-state index in [2.05, 4.69) is 36.9 Å². The van der Waals surface area contributed by atoms with Gasteiger partial charge in [-0.3, -0.25) is 0 Å². The zero-order valence-electron chi connectivity index (χ0n) is 15.4. The number of thioether (sulfide) groups is 1. The van der Waals surface area contributed by atoms with Gasteiger partial charge in [-0.2, -0.15) is 15.8 Å². The van der Waals surface area contributed by atoms with E-state index < -0.39 is 0 Å². The van der Waals surface area contributed by atoms with Gasteiger partial charge in [0.05, 0.1) is 5.57 Å². The Kier molecular flexibility index (Phi) is 6.51. The number of nitrogens with zero attached hydrogens (tertiary/aromatic N) is 4. The van der Waals surface area contributed by atoms with Crippen LogP contribution in [0.15, 0.2) is 57.6 Å². The zero-order valence-corrected chi connectivity index (χ0v) is 16.2. The van der Waals surface area contributed by atoms with Crippen molar-refractivity contribution in [1.29, 1.82) is 15.8 Å². The molecule has 0 aliphatic heterocycles. The van der Waals surface area contributed by atoms with Crippen molar-refractivity contribution >= 4 is 11.8 Å². The fourth-order valence-corrected chi connectivity index (χ4v) is 4.08. The summed E-state index contributed by atoms with van der Waals surface area (Å²) in [5.74, 6) is 0.894. The third kappa shape index (κ3) is 4.69. The highest BCUT2D eigenvalue weighted by Gasteiger charge is 2.34. The first kappa shape index (κ1) is 19.6. The van der Waals surface area contributed by atoms with Gasteiger partial charge in [0, 0.05) is 35.5 Å². The molecule has 0 unspecified atom stereocenters. The first-order valence-electron chi connectivity index (χ1n) is 8.48. The summed E-state index contributed by atoms with van der Waals surface area (Å²) in [7, 11) is 1.98. The van der Waals surface area contributed by atoms with E-state index in [1.54, 1.807) is 11.8 Å². The average Bonchev–Trinajstić information content (AvgIpc) is 2.62. The molecule has 0 N–H and O–H groups in total. The fourth-order valence-electron chi connectivity index (χ4n) is 3.13. The Bertz CT molecular complexity index is 829. The van der Waals surface area contributed by atoms with Crippen LogP contribution in [0.4, 0.5) is 0 Å². The smallest absolute Gasteiger partial charge is 0.134 e. The summed E-state index contributed by atoms with van der Waals surface area (Å²) in [6, 6.07) is 16.4. The van der Waals surface area contributed by atoms with Crippen LogP contribution in [0.3, 0.4) is 0 Å². The summed E-state index contributed by atoms with van der Waals surface area (Å²) in [5, 5.41) is 28.3. The Labute approximate surface area is 160 Å². The van der Waals surface area contributed by atoms with Gasteiger partial charge in [0.15, 0.2) is 0 Å². The number of rotatable bonds is 5. The number of nitriles is 3. The minimum atomic E-state index is -0.0925. The summed E-state index contributed by atoms with van der Waals surface area (Å²) < 4.78 is 0. The van der Waals surface area contributed by atoms with Crippen LogP contribution < -0.4 is 0 Å². The molecule has 0 amide bonds. The van der Waals surface area contributed by atoms with E-state index in [9.17, 15) is 15.8 Å². The van der Waals surface area contributed by atoms with E-state index in [4.69, 9.17) is 0 Å². The number of allylic oxidation sites excluding steroid dienone is 4. The second-order valence-corrected chi connectivity index (χ2v) is 8.28. The van der Waals surface area contributed by atoms with Crippen LogP contribution in [0.1, 0.15) is 26.7 Å². The lowest BCUT2D eigenvalue weighted by molar-refractivity contribution is 0.292. The van der Waals surface area contributed by atoms with Crippen LogP contribution >= 0.6 is 11.8 Å². The molecule has 0 saturated heterocycles. The maximum Gasteiger partial charge on any atom is 0.134 e. The first-order valence-corrected chi connectivity index (χ1v) is 9.46. The molecule has 26 heavy (non-hydrogen) atoms. The molecule has 1 aliphatic rings. The van der Waals surface area contributed by atoms with Crippen LogP contribution in [-0.4, -0.2) is 24.2 Å². The highest BCUT2D eigenvalue weighted by atomic mass is 32.2. The van der Waals surface area contributed by atoms with Gasteiger partial charge in [-0.05, 0) is 30.4 Å². The Balaban J connectivity index is 2.26. The second-order valence-electron chi connectivity index (χ2n) is 7.11. The fraction of sp³-hybridized carbons (Fsp3) is 0.381. The molecule has 1 aliphatic carbocycles. The van der Waals surface area contributed by atoms with Crippen molar-refractivity contribution in [2.75, 3.05) is 19.3 Å². The number of hydrogen-bond acceptors (Lipinski definition) is 5. The summed E-state index contributed by atoms with van der Waals surface area (Å²) in [5.41, 5.74) is 1.97. The molecule has 132 valence electrons. The molecule has 0 bridgehead atoms. The van der Waals surface area contributed by atoms with Crippen molar-refractivity contribution in [3.63, 3.8) is 0 Å². The quantitative estimate of drug-likeness (QED) is 0.563. The zero-order chi connectivity index (χ0) is 19.2. The van der Waals surface area contributed by atoms with Gasteiger partial charge in [0.1, 0.15) is 23.8 Å². The third-order valence-electron chi connectivity index (χ3n) is 4.43. The SMILES string of the molecule is CN(CCSc1ccccc1)C1=C(C#N)C(=C(C#N)C#N)CC(C)(C)C1. The molecular formula is C21H22N4S. The molecule has 1 aromatic carbocycles. The molecule has 5 heteroatoms. The molecule has 4 nitrogen and oxygen atoms in total. The molecule has 0 aromatic heterocycles. The Hall–Kier alpha value is -2.68. The monoisotopic (exact) mass is 362 g/mol. The predicted octanol–water partition coefficient (Wildman–Crippen LogP) is 4.65. The van der Waals surface area contributed by atoms with Crippen molar-refractivity contribution in [3.05, 3.63) is 52.7 Å². The summed E-state index contributed by atoms with van der Waals surface area (Å²) in [6.07, 6.45) is 1.33. The highest BCUT2D eigenvalue weighted by Crippen LogP contribution is 2.43. The van der Waals surface area contributed by atoms with Gasteiger partial charge in [-0.25, -0.2) is 0 Å². The molecular weight excluding hydrogens is 340 g/mol. The van der Waals surface area contributed by atoms with Gasteiger partial charge in [0.2, 0.25) is 0 Å². The van der Waals surface area contributed by atoms with E-state index >= 15 is 0 Å². The van der Waals surface area contributed by atoms with Gasteiger partial charge in [0.25, 0.3) is 0 Å². The van der Waals surface area contributed by atoms with Crippen LogP contribution in [0.25, 0.3) is 0 Å². The minimum absolute atomic E-state index is 0.0545. The number of benzene rings is 1. The minimum Gasteiger partial charge on any atom is -0.376 e. The van der Waals surface area contributed by atoms with E-state index in [0.29, 0.717) is 17.6 Å². The summed E-state index contributed by atoms with van der Waals surface area (Å²) in [6.45, 7) is 5.01. The van der Waals surface area contributed by atoms with Crippen molar-refractivity contribution < 1.29 is 0 Å². The van der Waals surface area contributed by atoms with Gasteiger partial charge < -0.3 is 4.90 Å². The number of hydrogen-bond donors (Lipinski definition) is 0. The van der Waals surface area contributed by atoms with Crippen LogP contribution in [0, 0.1) is 39.4 Å². The average molecular weight is 363 g/mol. The van der Waals surface area contributed by atoms with Gasteiger partial charge in [-0.15, -0.1) is 11.8 Å². The molecule has 0 radical (unpaired) electrons. The largest absolute Gasteiger partial charge is 0.376 e. The Morgan fingerprint density at radius 3 is 2.35 bits per heavy atom. The Morgan fingerprint density at radius 1 is 1.12 bits per heavy atom. The first-order chi connectivity index (χ1) is 12.4. The standard InChI is InChI=1S/C21H22N4S/c1-21(2)11-18(16(13-22)14-23)19(15-24)20(12-21)25(3)9-10-26-17-7-5-4-6-8-17/h4-8H,9-12H2,1-3H3. The van der Waals surface area contributed by atoms with Crippen molar-refractivity contribution in [3.8, 4) is 18.2 Å². The van der Waals surface area contributed by atoms with E-state index in [0.717, 1.165) is 24.4 Å². The normalized spacial score (nSPS) is 15.6. The molecule has 2 rings (SSSR count). The van der Waals surface area contributed by atoms with Crippen molar-refractivity contribution in [2.24, 2.45) is 5.41 Å². The molecule has 0 saturated carbocycles.